The van der Waals surface area contributed by atoms with Crippen LogP contribution in [0.3, 0.4) is 0 Å². The van der Waals surface area contributed by atoms with Gasteiger partial charge in [0.15, 0.2) is 0 Å². The lowest BCUT2D eigenvalue weighted by Crippen LogP contribution is -2.33. The second-order valence-electron chi connectivity index (χ2n) is 6.36. The molecule has 22 heavy (non-hydrogen) atoms. The molecule has 1 aliphatic heterocycles. The number of likely N-dealkylation sites (tertiary alicyclic amines) is 1. The fourth-order valence-corrected chi connectivity index (χ4v) is 2.83. The Morgan fingerprint density at radius 1 is 1.32 bits per heavy atom. The highest BCUT2D eigenvalue weighted by molar-refractivity contribution is 5.87. The number of aromatic carboxylic acids is 1. The highest BCUT2D eigenvalue weighted by Crippen LogP contribution is 2.17. The van der Waals surface area contributed by atoms with Crippen LogP contribution in [-0.4, -0.2) is 41.5 Å². The number of nitrogens with one attached hydrogen (secondary N) is 1. The van der Waals surface area contributed by atoms with Gasteiger partial charge in [-0.2, -0.15) is 0 Å². The predicted molar refractivity (Wildman–Crippen MR) is 84.6 cm³/mol. The molecule has 0 radical (unpaired) electrons. The minimum absolute atomic E-state index is 0.0667. The van der Waals surface area contributed by atoms with E-state index in [0.717, 1.165) is 31.6 Å². The first-order valence-corrected chi connectivity index (χ1v) is 7.78. The van der Waals surface area contributed by atoms with Crippen molar-refractivity contribution in [2.45, 2.75) is 26.8 Å². The Labute approximate surface area is 131 Å². The lowest BCUT2D eigenvalue weighted by molar-refractivity contribution is -0.124. The maximum absolute atomic E-state index is 12.2. The molecule has 2 N–H and O–H groups in total. The number of carbonyl (C=O) groups is 2. The average Bonchev–Trinajstić information content (AvgIpc) is 2.93. The first kappa shape index (κ1) is 16.5. The molecule has 5 heteroatoms. The number of hydrogen-bond acceptors (Lipinski definition) is 3. The third-order valence-electron chi connectivity index (χ3n) is 3.93. The number of nitrogens with zero attached hydrogens (tertiary/aromatic N) is 1. The van der Waals surface area contributed by atoms with Crippen molar-refractivity contribution in [3.63, 3.8) is 0 Å². The van der Waals surface area contributed by atoms with Gasteiger partial charge in [-0.1, -0.05) is 26.0 Å². The van der Waals surface area contributed by atoms with Gasteiger partial charge in [0.25, 0.3) is 0 Å². The van der Waals surface area contributed by atoms with Crippen LogP contribution < -0.4 is 5.32 Å². The Kier molecular flexibility index (Phi) is 5.55. The molecule has 5 nitrogen and oxygen atoms in total. The smallest absolute Gasteiger partial charge is 0.335 e. The number of amides is 1. The van der Waals surface area contributed by atoms with E-state index >= 15 is 0 Å². The van der Waals surface area contributed by atoms with Crippen LogP contribution in [0.2, 0.25) is 0 Å². The first-order valence-electron chi connectivity index (χ1n) is 7.78. The molecule has 1 saturated heterocycles. The van der Waals surface area contributed by atoms with E-state index in [-0.39, 0.29) is 17.4 Å². The Morgan fingerprint density at radius 3 is 2.59 bits per heavy atom. The largest absolute Gasteiger partial charge is 0.478 e. The van der Waals surface area contributed by atoms with Gasteiger partial charge in [0.1, 0.15) is 0 Å². The third kappa shape index (κ3) is 4.56. The molecule has 1 aromatic rings. The molecule has 0 spiro atoms. The van der Waals surface area contributed by atoms with Gasteiger partial charge in [-0.05, 0) is 36.6 Å². The first-order chi connectivity index (χ1) is 10.5. The minimum atomic E-state index is -0.938. The van der Waals surface area contributed by atoms with Crippen molar-refractivity contribution in [1.82, 2.24) is 10.2 Å². The van der Waals surface area contributed by atoms with Crippen molar-refractivity contribution >= 4 is 11.9 Å². The summed E-state index contributed by atoms with van der Waals surface area (Å²) in [6, 6.07) is 6.60. The average molecular weight is 304 g/mol. The van der Waals surface area contributed by atoms with E-state index in [1.54, 1.807) is 24.3 Å². The van der Waals surface area contributed by atoms with Gasteiger partial charge < -0.3 is 15.3 Å². The van der Waals surface area contributed by atoms with Gasteiger partial charge in [0.2, 0.25) is 5.91 Å². The van der Waals surface area contributed by atoms with E-state index in [1.807, 2.05) is 0 Å². The molecular weight excluding hydrogens is 280 g/mol. The monoisotopic (exact) mass is 304 g/mol. The molecule has 0 bridgehead atoms. The van der Waals surface area contributed by atoms with Crippen LogP contribution in [0.4, 0.5) is 0 Å². The summed E-state index contributed by atoms with van der Waals surface area (Å²) in [7, 11) is 0. The Balaban J connectivity index is 1.79. The number of benzene rings is 1. The van der Waals surface area contributed by atoms with Gasteiger partial charge in [0.05, 0.1) is 11.5 Å². The van der Waals surface area contributed by atoms with E-state index in [1.165, 1.54) is 0 Å². The van der Waals surface area contributed by atoms with Crippen molar-refractivity contribution < 1.29 is 14.7 Å². The zero-order chi connectivity index (χ0) is 16.1. The zero-order valence-corrected chi connectivity index (χ0v) is 13.2. The van der Waals surface area contributed by atoms with E-state index in [9.17, 15) is 9.59 Å². The molecular formula is C17H24N2O3. The summed E-state index contributed by atoms with van der Waals surface area (Å²) in [5.41, 5.74) is 1.17. The molecule has 0 unspecified atom stereocenters. The van der Waals surface area contributed by atoms with Crippen LogP contribution in [-0.2, 0) is 11.3 Å². The maximum Gasteiger partial charge on any atom is 0.335 e. The van der Waals surface area contributed by atoms with Crippen molar-refractivity contribution in [3.05, 3.63) is 35.4 Å². The van der Waals surface area contributed by atoms with Crippen molar-refractivity contribution in [3.8, 4) is 0 Å². The number of carboxylic acid groups (broad SMARTS) is 1. The van der Waals surface area contributed by atoms with Gasteiger partial charge >= 0.3 is 5.97 Å². The topological polar surface area (TPSA) is 69.6 Å². The number of hydrogen-bond donors (Lipinski definition) is 2. The second-order valence-corrected chi connectivity index (χ2v) is 6.36. The Bertz CT molecular complexity index is 525. The molecule has 1 amide bonds. The minimum Gasteiger partial charge on any atom is -0.478 e. The quantitative estimate of drug-likeness (QED) is 0.843. The van der Waals surface area contributed by atoms with Crippen molar-refractivity contribution in [1.29, 1.82) is 0 Å². The van der Waals surface area contributed by atoms with Crippen molar-refractivity contribution in [2.24, 2.45) is 11.8 Å². The molecule has 1 heterocycles. The molecule has 1 atom stereocenters. The summed E-state index contributed by atoms with van der Waals surface area (Å²) in [4.78, 5) is 25.3. The summed E-state index contributed by atoms with van der Waals surface area (Å²) in [5, 5.41) is 11.8. The van der Waals surface area contributed by atoms with E-state index in [4.69, 9.17) is 5.11 Å². The Morgan fingerprint density at radius 2 is 2.00 bits per heavy atom. The molecule has 0 aromatic heterocycles. The molecule has 1 aromatic carbocycles. The van der Waals surface area contributed by atoms with Gasteiger partial charge in [-0.25, -0.2) is 4.79 Å². The number of carbonyl (C=O) groups excluding carboxylic acids is 1. The van der Waals surface area contributed by atoms with Gasteiger partial charge in [-0.15, -0.1) is 0 Å². The summed E-state index contributed by atoms with van der Waals surface area (Å²) >= 11 is 0. The van der Waals surface area contributed by atoms with Crippen molar-refractivity contribution in [2.75, 3.05) is 19.6 Å². The number of rotatable bonds is 6. The molecule has 1 aliphatic rings. The number of carboxylic acids is 1. The lowest BCUT2D eigenvalue weighted by atomic mass is 10.1. The van der Waals surface area contributed by atoms with Crippen LogP contribution in [0, 0.1) is 11.8 Å². The van der Waals surface area contributed by atoms with E-state index in [0.29, 0.717) is 12.5 Å². The van der Waals surface area contributed by atoms with Crippen LogP contribution >= 0.6 is 0 Å². The molecule has 120 valence electrons. The van der Waals surface area contributed by atoms with Gasteiger partial charge in [0, 0.05) is 19.6 Å². The predicted octanol–water partition coefficient (Wildman–Crippen LogP) is 1.98. The molecule has 0 saturated carbocycles. The Hall–Kier alpha value is -1.88. The van der Waals surface area contributed by atoms with Crippen LogP contribution in [0.1, 0.15) is 36.2 Å². The zero-order valence-electron chi connectivity index (χ0n) is 13.2. The fourth-order valence-electron chi connectivity index (χ4n) is 2.83. The fraction of sp³-hybridized carbons (Fsp3) is 0.529. The highest BCUT2D eigenvalue weighted by Gasteiger charge is 2.28. The molecule has 0 aliphatic carbocycles. The summed E-state index contributed by atoms with van der Waals surface area (Å²) in [6.07, 6.45) is 0.913. The van der Waals surface area contributed by atoms with Crippen LogP contribution in [0.5, 0.6) is 0 Å². The maximum atomic E-state index is 12.2. The summed E-state index contributed by atoms with van der Waals surface area (Å²) in [6.45, 7) is 7.69. The van der Waals surface area contributed by atoms with E-state index < -0.39 is 5.97 Å². The highest BCUT2D eigenvalue weighted by atomic mass is 16.4. The standard InChI is InChI=1S/C17H24N2O3/c1-12(2)10-19-8-7-15(11-19)16(20)18-9-13-3-5-14(6-4-13)17(21)22/h3-6,12,15H,7-11H2,1-2H3,(H,18,20)(H,21,22)/t15-/m1/s1. The second kappa shape index (κ2) is 7.40. The lowest BCUT2D eigenvalue weighted by Gasteiger charge is -2.18. The van der Waals surface area contributed by atoms with Crippen LogP contribution in [0.25, 0.3) is 0 Å². The summed E-state index contributed by atoms with van der Waals surface area (Å²) in [5.74, 6) is -0.160. The van der Waals surface area contributed by atoms with Crippen LogP contribution in [0.15, 0.2) is 24.3 Å². The van der Waals surface area contributed by atoms with E-state index in [2.05, 4.69) is 24.1 Å². The third-order valence-corrected chi connectivity index (χ3v) is 3.93. The summed E-state index contributed by atoms with van der Waals surface area (Å²) < 4.78 is 0. The normalized spacial score (nSPS) is 18.6. The molecule has 1 fully saturated rings. The molecule has 2 rings (SSSR count). The SMILES string of the molecule is CC(C)CN1CC[C@@H](C(=O)NCc2ccc(C(=O)O)cc2)C1. The van der Waals surface area contributed by atoms with Gasteiger partial charge in [-0.3, -0.25) is 4.79 Å².